The average Bonchev–Trinajstić information content (AvgIpc) is 2.77. The van der Waals surface area contributed by atoms with Crippen LogP contribution in [0.25, 0.3) is 0 Å². The van der Waals surface area contributed by atoms with Gasteiger partial charge in [-0.05, 0) is 18.8 Å². The lowest BCUT2D eigenvalue weighted by Crippen LogP contribution is -2.27. The highest BCUT2D eigenvalue weighted by molar-refractivity contribution is 7.15. The van der Waals surface area contributed by atoms with Crippen molar-refractivity contribution in [1.82, 2.24) is 10.3 Å². The topological polar surface area (TPSA) is 28.2 Å². The predicted octanol–water partition coefficient (Wildman–Crippen LogP) is 4.25. The molecular formula is C16H31N3S. The first kappa shape index (κ1) is 17.4. The molecule has 1 N–H and O–H groups in total. The Labute approximate surface area is 128 Å². The van der Waals surface area contributed by atoms with Gasteiger partial charge in [-0.3, -0.25) is 0 Å². The van der Waals surface area contributed by atoms with Crippen LogP contribution in [-0.4, -0.2) is 24.1 Å². The second-order valence-electron chi connectivity index (χ2n) is 6.43. The summed E-state index contributed by atoms with van der Waals surface area (Å²) < 4.78 is 0. The molecule has 0 bridgehead atoms. The Morgan fingerprint density at radius 1 is 1.15 bits per heavy atom. The Hall–Kier alpha value is -0.610. The summed E-state index contributed by atoms with van der Waals surface area (Å²) in [7, 11) is 0. The second-order valence-corrected chi connectivity index (χ2v) is 7.49. The van der Waals surface area contributed by atoms with Gasteiger partial charge in [-0.1, -0.05) is 41.5 Å². The Bertz CT molecular complexity index is 396. The minimum atomic E-state index is 0.488. The molecule has 20 heavy (non-hydrogen) atoms. The molecule has 1 aromatic rings. The van der Waals surface area contributed by atoms with Crippen molar-refractivity contribution in [2.24, 2.45) is 5.92 Å². The van der Waals surface area contributed by atoms with Gasteiger partial charge in [-0.25, -0.2) is 4.98 Å². The van der Waals surface area contributed by atoms with Crippen LogP contribution in [0.4, 0.5) is 5.13 Å². The average molecular weight is 298 g/mol. The second kappa shape index (κ2) is 7.99. The van der Waals surface area contributed by atoms with Gasteiger partial charge in [0.2, 0.25) is 0 Å². The van der Waals surface area contributed by atoms with Crippen LogP contribution in [0.15, 0.2) is 0 Å². The van der Waals surface area contributed by atoms with E-state index >= 15 is 0 Å². The Morgan fingerprint density at radius 3 is 2.25 bits per heavy atom. The highest BCUT2D eigenvalue weighted by Crippen LogP contribution is 2.31. The zero-order valence-corrected chi connectivity index (χ0v) is 15.0. The van der Waals surface area contributed by atoms with Gasteiger partial charge in [-0.15, -0.1) is 11.3 Å². The van der Waals surface area contributed by atoms with Crippen LogP contribution in [0.2, 0.25) is 0 Å². The van der Waals surface area contributed by atoms with E-state index in [1.54, 1.807) is 0 Å². The van der Waals surface area contributed by atoms with E-state index in [0.717, 1.165) is 19.6 Å². The maximum Gasteiger partial charge on any atom is 0.185 e. The first-order valence-electron chi connectivity index (χ1n) is 7.83. The molecule has 0 unspecified atom stereocenters. The van der Waals surface area contributed by atoms with Crippen LogP contribution in [0.1, 0.15) is 65.0 Å². The number of thiazole rings is 1. The summed E-state index contributed by atoms with van der Waals surface area (Å²) in [4.78, 5) is 8.71. The third-order valence-corrected chi connectivity index (χ3v) is 4.30. The number of hydrogen-bond donors (Lipinski definition) is 1. The zero-order valence-electron chi connectivity index (χ0n) is 14.2. The Morgan fingerprint density at radius 2 is 1.80 bits per heavy atom. The molecule has 0 amide bonds. The molecule has 0 spiro atoms. The quantitative estimate of drug-likeness (QED) is 0.777. The first-order chi connectivity index (χ1) is 9.35. The van der Waals surface area contributed by atoms with Crippen LogP contribution >= 0.6 is 11.3 Å². The van der Waals surface area contributed by atoms with Crippen molar-refractivity contribution in [1.29, 1.82) is 0 Å². The van der Waals surface area contributed by atoms with E-state index in [1.807, 2.05) is 11.3 Å². The van der Waals surface area contributed by atoms with Crippen molar-refractivity contribution >= 4 is 16.5 Å². The third kappa shape index (κ3) is 5.06. The van der Waals surface area contributed by atoms with Crippen LogP contribution in [0.5, 0.6) is 0 Å². The maximum atomic E-state index is 4.92. The summed E-state index contributed by atoms with van der Waals surface area (Å²) in [5, 5.41) is 4.71. The minimum absolute atomic E-state index is 0.488. The van der Waals surface area contributed by atoms with E-state index in [0.29, 0.717) is 17.9 Å². The molecular weight excluding hydrogens is 266 g/mol. The maximum absolute atomic E-state index is 4.92. The summed E-state index contributed by atoms with van der Waals surface area (Å²) in [6, 6.07) is 0.513. The largest absolute Gasteiger partial charge is 0.348 e. The highest BCUT2D eigenvalue weighted by atomic mass is 32.1. The molecule has 1 rings (SSSR count). The molecule has 0 radical (unpaired) electrons. The van der Waals surface area contributed by atoms with Gasteiger partial charge in [0.1, 0.15) is 0 Å². The minimum Gasteiger partial charge on any atom is -0.348 e. The highest BCUT2D eigenvalue weighted by Gasteiger charge is 2.18. The third-order valence-electron chi connectivity index (χ3n) is 3.17. The van der Waals surface area contributed by atoms with Crippen molar-refractivity contribution in [2.75, 3.05) is 18.0 Å². The molecule has 0 saturated carbocycles. The molecule has 1 heterocycles. The standard InChI is InChI=1S/C16H31N3S/c1-8-19(10-11(2)3)16-18-15(12(4)5)14(20-16)9-17-13(6)7/h11-13,17H,8-10H2,1-7H3. The van der Waals surface area contributed by atoms with Crippen LogP contribution in [-0.2, 0) is 6.54 Å². The van der Waals surface area contributed by atoms with E-state index in [1.165, 1.54) is 15.7 Å². The predicted molar refractivity (Wildman–Crippen MR) is 90.9 cm³/mol. The fourth-order valence-electron chi connectivity index (χ4n) is 2.14. The van der Waals surface area contributed by atoms with Gasteiger partial charge in [-0.2, -0.15) is 0 Å². The molecule has 1 aromatic heterocycles. The van der Waals surface area contributed by atoms with Crippen molar-refractivity contribution < 1.29 is 0 Å². The lowest BCUT2D eigenvalue weighted by atomic mass is 10.1. The van der Waals surface area contributed by atoms with Gasteiger partial charge in [0.25, 0.3) is 0 Å². The normalized spacial score (nSPS) is 11.9. The summed E-state index contributed by atoms with van der Waals surface area (Å²) in [5.41, 5.74) is 1.26. The van der Waals surface area contributed by atoms with Gasteiger partial charge < -0.3 is 10.2 Å². The van der Waals surface area contributed by atoms with E-state index in [-0.39, 0.29) is 0 Å². The van der Waals surface area contributed by atoms with Crippen molar-refractivity contribution in [3.05, 3.63) is 10.6 Å². The SMILES string of the molecule is CCN(CC(C)C)c1nc(C(C)C)c(CNC(C)C)s1. The smallest absolute Gasteiger partial charge is 0.185 e. The van der Waals surface area contributed by atoms with E-state index in [4.69, 9.17) is 4.98 Å². The van der Waals surface area contributed by atoms with Gasteiger partial charge in [0.05, 0.1) is 5.69 Å². The molecule has 0 aliphatic rings. The lowest BCUT2D eigenvalue weighted by molar-refractivity contribution is 0.587. The molecule has 0 saturated heterocycles. The molecule has 0 aromatic carbocycles. The monoisotopic (exact) mass is 297 g/mol. The van der Waals surface area contributed by atoms with E-state index in [2.05, 4.69) is 58.7 Å². The summed E-state index contributed by atoms with van der Waals surface area (Å²) >= 11 is 1.86. The lowest BCUT2D eigenvalue weighted by Gasteiger charge is -2.21. The fraction of sp³-hybridized carbons (Fsp3) is 0.812. The molecule has 4 heteroatoms. The first-order valence-corrected chi connectivity index (χ1v) is 8.64. The van der Waals surface area contributed by atoms with Crippen molar-refractivity contribution in [2.45, 2.75) is 67.0 Å². The van der Waals surface area contributed by atoms with Crippen LogP contribution < -0.4 is 10.2 Å². The van der Waals surface area contributed by atoms with Crippen LogP contribution in [0, 0.1) is 5.92 Å². The number of aromatic nitrogens is 1. The number of nitrogens with one attached hydrogen (secondary N) is 1. The van der Waals surface area contributed by atoms with Crippen molar-refractivity contribution in [3.8, 4) is 0 Å². The molecule has 0 atom stereocenters. The summed E-state index contributed by atoms with van der Waals surface area (Å²) in [6.07, 6.45) is 0. The number of nitrogens with zero attached hydrogens (tertiary/aromatic N) is 2. The molecule has 116 valence electrons. The number of anilines is 1. The molecule has 3 nitrogen and oxygen atoms in total. The van der Waals surface area contributed by atoms with Gasteiger partial charge in [0.15, 0.2) is 5.13 Å². The molecule has 0 aliphatic heterocycles. The Kier molecular flexibility index (Phi) is 6.96. The number of hydrogen-bond acceptors (Lipinski definition) is 4. The summed E-state index contributed by atoms with van der Waals surface area (Å²) in [6.45, 7) is 18.6. The van der Waals surface area contributed by atoms with Crippen molar-refractivity contribution in [3.63, 3.8) is 0 Å². The van der Waals surface area contributed by atoms with Gasteiger partial charge in [0, 0.05) is 30.6 Å². The van der Waals surface area contributed by atoms with E-state index < -0.39 is 0 Å². The van der Waals surface area contributed by atoms with Crippen LogP contribution in [0.3, 0.4) is 0 Å². The number of rotatable bonds is 8. The molecule has 0 fully saturated rings. The van der Waals surface area contributed by atoms with E-state index in [9.17, 15) is 0 Å². The zero-order chi connectivity index (χ0) is 15.3. The Balaban J connectivity index is 2.94. The van der Waals surface area contributed by atoms with Gasteiger partial charge >= 0.3 is 0 Å². The summed E-state index contributed by atoms with van der Waals surface area (Å²) in [5.74, 6) is 1.15. The molecule has 0 aliphatic carbocycles. The fourth-order valence-corrected chi connectivity index (χ4v) is 3.38.